The quantitative estimate of drug-likeness (QED) is 0.896. The monoisotopic (exact) mass is 295 g/mol. The van der Waals surface area contributed by atoms with Gasteiger partial charge in [0.1, 0.15) is 0 Å². The van der Waals surface area contributed by atoms with Crippen LogP contribution in [0.3, 0.4) is 0 Å². The molecule has 20 heavy (non-hydrogen) atoms. The van der Waals surface area contributed by atoms with Crippen LogP contribution in [0.15, 0.2) is 6.07 Å². The van der Waals surface area contributed by atoms with E-state index in [0.29, 0.717) is 39.1 Å². The third-order valence-corrected chi connectivity index (χ3v) is 5.17. The molecule has 5 nitrogen and oxygen atoms in total. The molecule has 0 radical (unpaired) electrons. The van der Waals surface area contributed by atoms with Crippen LogP contribution < -0.4 is 0 Å². The molecule has 6 heteroatoms. The van der Waals surface area contributed by atoms with Crippen LogP contribution in [0.25, 0.3) is 0 Å². The summed E-state index contributed by atoms with van der Waals surface area (Å²) in [6, 6.07) is 1.90. The van der Waals surface area contributed by atoms with Gasteiger partial charge in [-0.25, -0.2) is 0 Å². The summed E-state index contributed by atoms with van der Waals surface area (Å²) in [7, 11) is 0. The van der Waals surface area contributed by atoms with Gasteiger partial charge in [-0.3, -0.25) is 9.59 Å². The summed E-state index contributed by atoms with van der Waals surface area (Å²) in [5.74, 6) is -0.981. The molecule has 0 aromatic carbocycles. The lowest BCUT2D eigenvalue weighted by Gasteiger charge is -2.26. The maximum absolute atomic E-state index is 12.4. The summed E-state index contributed by atoms with van der Waals surface area (Å²) < 4.78 is 5.25. The number of carbonyl (C=O) groups is 2. The highest BCUT2D eigenvalue weighted by atomic mass is 32.1. The Morgan fingerprint density at radius 3 is 2.80 bits per heavy atom. The smallest absolute Gasteiger partial charge is 0.306 e. The van der Waals surface area contributed by atoms with Gasteiger partial charge in [0.2, 0.25) is 0 Å². The van der Waals surface area contributed by atoms with Crippen LogP contribution in [0.1, 0.15) is 26.5 Å². The molecule has 1 N–H and O–H groups in total. The Labute approximate surface area is 121 Å². The largest absolute Gasteiger partial charge is 0.481 e. The van der Waals surface area contributed by atoms with E-state index in [4.69, 9.17) is 9.84 Å². The zero-order chi connectivity index (χ0) is 14.1. The molecule has 1 aliphatic carbocycles. The van der Waals surface area contributed by atoms with Crippen molar-refractivity contribution in [3.05, 3.63) is 21.4 Å². The van der Waals surface area contributed by atoms with Gasteiger partial charge in [-0.15, -0.1) is 11.3 Å². The summed E-state index contributed by atoms with van der Waals surface area (Å²) in [6.45, 7) is 2.47. The number of fused-ring (bicyclic) bond motifs is 1. The molecule has 1 amide bonds. The fourth-order valence-corrected chi connectivity index (χ4v) is 3.94. The number of amides is 1. The lowest BCUT2D eigenvalue weighted by molar-refractivity contribution is -0.142. The number of carbonyl (C=O) groups excluding carboxylic acids is 1. The van der Waals surface area contributed by atoms with Gasteiger partial charge in [-0.05, 0) is 30.9 Å². The first-order chi connectivity index (χ1) is 9.65. The normalized spacial score (nSPS) is 22.4. The molecule has 0 saturated carbocycles. The van der Waals surface area contributed by atoms with Crippen LogP contribution >= 0.6 is 11.3 Å². The van der Waals surface area contributed by atoms with Crippen molar-refractivity contribution < 1.29 is 19.4 Å². The molecule has 2 heterocycles. The predicted octanol–water partition coefficient (Wildman–Crippen LogP) is 1.41. The zero-order valence-electron chi connectivity index (χ0n) is 11.1. The van der Waals surface area contributed by atoms with Gasteiger partial charge in [0.05, 0.1) is 24.0 Å². The maximum Gasteiger partial charge on any atom is 0.306 e. The van der Waals surface area contributed by atoms with E-state index in [9.17, 15) is 9.59 Å². The second kappa shape index (κ2) is 5.54. The minimum atomic E-state index is -0.733. The standard InChI is InChI=1S/C14H17NO4S/c16-13(15-3-5-19-6-4-15)12-8-10-7-9(14(17)18)1-2-11(10)20-12/h8-9H,1-7H2,(H,17,18). The third-order valence-electron chi connectivity index (χ3n) is 3.94. The number of nitrogens with zero attached hydrogens (tertiary/aromatic N) is 1. The Morgan fingerprint density at radius 1 is 1.35 bits per heavy atom. The minimum Gasteiger partial charge on any atom is -0.481 e. The van der Waals surface area contributed by atoms with E-state index in [2.05, 4.69) is 0 Å². The van der Waals surface area contributed by atoms with Gasteiger partial charge >= 0.3 is 5.97 Å². The topological polar surface area (TPSA) is 66.8 Å². The molecule has 0 spiro atoms. The van der Waals surface area contributed by atoms with Gasteiger partial charge in [-0.2, -0.15) is 0 Å². The van der Waals surface area contributed by atoms with E-state index in [0.717, 1.165) is 16.9 Å². The molecule has 1 aromatic heterocycles. The highest BCUT2D eigenvalue weighted by molar-refractivity contribution is 7.14. The zero-order valence-corrected chi connectivity index (χ0v) is 11.9. The number of aryl methyl sites for hydroxylation is 1. The first-order valence-corrected chi connectivity index (χ1v) is 7.68. The lowest BCUT2D eigenvalue weighted by atomic mass is 9.88. The fourth-order valence-electron chi connectivity index (χ4n) is 2.76. The molecule has 1 unspecified atom stereocenters. The highest BCUT2D eigenvalue weighted by Gasteiger charge is 2.28. The Bertz CT molecular complexity index is 533. The first-order valence-electron chi connectivity index (χ1n) is 6.86. The van der Waals surface area contributed by atoms with Crippen molar-refractivity contribution in [1.82, 2.24) is 4.90 Å². The van der Waals surface area contributed by atoms with Crippen LogP contribution in [0.4, 0.5) is 0 Å². The minimum absolute atomic E-state index is 0.0552. The molecule has 1 fully saturated rings. The lowest BCUT2D eigenvalue weighted by Crippen LogP contribution is -2.40. The molecule has 1 aliphatic heterocycles. The predicted molar refractivity (Wildman–Crippen MR) is 74.2 cm³/mol. The number of rotatable bonds is 2. The van der Waals surface area contributed by atoms with Gasteiger partial charge in [0.25, 0.3) is 5.91 Å². The van der Waals surface area contributed by atoms with E-state index in [1.807, 2.05) is 11.0 Å². The first kappa shape index (κ1) is 13.6. The van der Waals surface area contributed by atoms with Gasteiger partial charge in [-0.1, -0.05) is 0 Å². The van der Waals surface area contributed by atoms with Gasteiger partial charge < -0.3 is 14.7 Å². The number of carboxylic acids is 1. The Balaban J connectivity index is 1.76. The summed E-state index contributed by atoms with van der Waals surface area (Å²) in [5, 5.41) is 9.10. The molecule has 0 bridgehead atoms. The van der Waals surface area contributed by atoms with E-state index in [1.165, 1.54) is 16.2 Å². The second-order valence-corrected chi connectivity index (χ2v) is 6.38. The van der Waals surface area contributed by atoms with Crippen LogP contribution in [0.2, 0.25) is 0 Å². The number of carboxylic acid groups (broad SMARTS) is 1. The molecule has 3 rings (SSSR count). The number of morpholine rings is 1. The van der Waals surface area contributed by atoms with Crippen molar-refractivity contribution in [2.45, 2.75) is 19.3 Å². The molecular formula is C14H17NO4S. The molecule has 1 atom stereocenters. The van der Waals surface area contributed by atoms with Gasteiger partial charge in [0.15, 0.2) is 0 Å². The molecule has 2 aliphatic rings. The SMILES string of the molecule is O=C(O)C1CCc2sc(C(=O)N3CCOCC3)cc2C1. The van der Waals surface area contributed by atoms with Crippen molar-refractivity contribution in [1.29, 1.82) is 0 Å². The number of hydrogen-bond donors (Lipinski definition) is 1. The number of thiophene rings is 1. The Hall–Kier alpha value is -1.40. The van der Waals surface area contributed by atoms with E-state index in [1.54, 1.807) is 0 Å². The molecular weight excluding hydrogens is 278 g/mol. The summed E-state index contributed by atoms with van der Waals surface area (Å²) in [5.41, 5.74) is 1.05. The Morgan fingerprint density at radius 2 is 2.10 bits per heavy atom. The molecule has 1 saturated heterocycles. The summed E-state index contributed by atoms with van der Waals surface area (Å²) >= 11 is 1.53. The van der Waals surface area contributed by atoms with Crippen molar-refractivity contribution in [2.75, 3.05) is 26.3 Å². The summed E-state index contributed by atoms with van der Waals surface area (Å²) in [4.78, 5) is 27.2. The molecule has 108 valence electrons. The fraction of sp³-hybridized carbons (Fsp3) is 0.571. The second-order valence-electron chi connectivity index (χ2n) is 5.24. The Kier molecular flexibility index (Phi) is 3.76. The van der Waals surface area contributed by atoms with Crippen molar-refractivity contribution in [3.8, 4) is 0 Å². The van der Waals surface area contributed by atoms with Crippen molar-refractivity contribution in [3.63, 3.8) is 0 Å². The highest BCUT2D eigenvalue weighted by Crippen LogP contribution is 2.33. The van der Waals surface area contributed by atoms with Crippen LogP contribution in [-0.2, 0) is 22.4 Å². The van der Waals surface area contributed by atoms with E-state index in [-0.39, 0.29) is 11.8 Å². The number of hydrogen-bond acceptors (Lipinski definition) is 4. The third kappa shape index (κ3) is 2.58. The number of ether oxygens (including phenoxy) is 1. The van der Waals surface area contributed by atoms with E-state index >= 15 is 0 Å². The van der Waals surface area contributed by atoms with Crippen LogP contribution in [0, 0.1) is 5.92 Å². The average molecular weight is 295 g/mol. The molecule has 1 aromatic rings. The van der Waals surface area contributed by atoms with Crippen LogP contribution in [-0.4, -0.2) is 48.2 Å². The number of aliphatic carboxylic acids is 1. The van der Waals surface area contributed by atoms with Crippen LogP contribution in [0.5, 0.6) is 0 Å². The summed E-state index contributed by atoms with van der Waals surface area (Å²) in [6.07, 6.45) is 2.00. The average Bonchev–Trinajstić information content (AvgIpc) is 2.90. The maximum atomic E-state index is 12.4. The van der Waals surface area contributed by atoms with Gasteiger partial charge in [0, 0.05) is 18.0 Å². The van der Waals surface area contributed by atoms with Crippen molar-refractivity contribution in [2.24, 2.45) is 5.92 Å². The van der Waals surface area contributed by atoms with E-state index < -0.39 is 5.97 Å². The van der Waals surface area contributed by atoms with Crippen molar-refractivity contribution >= 4 is 23.2 Å².